The van der Waals surface area contributed by atoms with Crippen molar-refractivity contribution in [1.29, 1.82) is 0 Å². The maximum absolute atomic E-state index is 13.2. The molecule has 0 spiro atoms. The second-order valence-corrected chi connectivity index (χ2v) is 4.43. The second-order valence-electron chi connectivity index (χ2n) is 3.40. The van der Waals surface area contributed by atoms with Gasteiger partial charge < -0.3 is 5.73 Å². The third kappa shape index (κ3) is 3.80. The summed E-state index contributed by atoms with van der Waals surface area (Å²) in [7, 11) is 0. The van der Waals surface area contributed by atoms with Crippen LogP contribution in [-0.4, -0.2) is 11.8 Å². The van der Waals surface area contributed by atoms with Gasteiger partial charge in [0.15, 0.2) is 11.6 Å². The maximum Gasteiger partial charge on any atom is 0.162 e. The normalized spacial score (nSPS) is 12.8. The zero-order chi connectivity index (χ0) is 11.3. The topological polar surface area (TPSA) is 26.0 Å². The summed E-state index contributed by atoms with van der Waals surface area (Å²) in [6, 6.07) is 4.38. The van der Waals surface area contributed by atoms with Gasteiger partial charge in [-0.05, 0) is 12.5 Å². The zero-order valence-electron chi connectivity index (χ0n) is 8.67. The molecule has 1 nitrogen and oxygen atoms in total. The van der Waals surface area contributed by atoms with Crippen LogP contribution in [0.1, 0.15) is 18.9 Å². The summed E-state index contributed by atoms with van der Waals surface area (Å²) in [4.78, 5) is 0. The quantitative estimate of drug-likeness (QED) is 0.843. The van der Waals surface area contributed by atoms with Crippen LogP contribution in [0, 0.1) is 11.6 Å². The smallest absolute Gasteiger partial charge is 0.162 e. The molecule has 0 aliphatic carbocycles. The molecule has 1 atom stereocenters. The van der Waals surface area contributed by atoms with Gasteiger partial charge in [-0.25, -0.2) is 8.78 Å². The summed E-state index contributed by atoms with van der Waals surface area (Å²) in [6.07, 6.45) is 0.901. The van der Waals surface area contributed by atoms with Crippen LogP contribution in [0.2, 0.25) is 0 Å². The Hall–Kier alpha value is -0.610. The molecule has 1 unspecified atom stereocenters. The molecule has 0 fully saturated rings. The molecule has 0 heterocycles. The van der Waals surface area contributed by atoms with Crippen molar-refractivity contribution < 1.29 is 8.78 Å². The Morgan fingerprint density at radius 2 is 2.13 bits per heavy atom. The molecule has 0 radical (unpaired) electrons. The van der Waals surface area contributed by atoms with E-state index in [1.165, 1.54) is 17.8 Å². The third-order valence-corrected chi connectivity index (χ3v) is 3.32. The van der Waals surface area contributed by atoms with Crippen LogP contribution in [0.4, 0.5) is 8.78 Å². The number of thioether (sulfide) groups is 1. The average Bonchev–Trinajstić information content (AvgIpc) is 2.24. The van der Waals surface area contributed by atoms with Crippen molar-refractivity contribution in [3.05, 3.63) is 35.4 Å². The third-order valence-electron chi connectivity index (χ3n) is 2.15. The van der Waals surface area contributed by atoms with Crippen LogP contribution in [0.5, 0.6) is 0 Å². The first kappa shape index (κ1) is 12.5. The van der Waals surface area contributed by atoms with E-state index in [2.05, 4.69) is 0 Å². The molecule has 15 heavy (non-hydrogen) atoms. The van der Waals surface area contributed by atoms with E-state index in [4.69, 9.17) is 5.73 Å². The predicted molar refractivity (Wildman–Crippen MR) is 60.8 cm³/mol. The van der Waals surface area contributed by atoms with Crippen LogP contribution in [0.25, 0.3) is 0 Å². The molecule has 1 rings (SSSR count). The van der Waals surface area contributed by atoms with Crippen LogP contribution < -0.4 is 5.73 Å². The van der Waals surface area contributed by atoms with Crippen molar-refractivity contribution in [2.75, 3.05) is 5.75 Å². The van der Waals surface area contributed by atoms with E-state index in [-0.39, 0.29) is 6.04 Å². The number of nitrogens with two attached hydrogens (primary N) is 1. The molecule has 0 bridgehead atoms. The Labute approximate surface area is 93.1 Å². The Bertz CT molecular complexity index is 317. The molecule has 84 valence electrons. The van der Waals surface area contributed by atoms with E-state index < -0.39 is 11.6 Å². The Kier molecular flexibility index (Phi) is 5.05. The lowest BCUT2D eigenvalue weighted by Gasteiger charge is -2.08. The van der Waals surface area contributed by atoms with Gasteiger partial charge in [-0.15, -0.1) is 0 Å². The highest BCUT2D eigenvalue weighted by atomic mass is 32.2. The van der Waals surface area contributed by atoms with Gasteiger partial charge in [0.1, 0.15) is 0 Å². The lowest BCUT2D eigenvalue weighted by atomic mass is 10.2. The summed E-state index contributed by atoms with van der Waals surface area (Å²) in [5, 5.41) is 0. The van der Waals surface area contributed by atoms with Gasteiger partial charge in [-0.2, -0.15) is 11.8 Å². The molecule has 1 aromatic rings. The van der Waals surface area contributed by atoms with Crippen LogP contribution >= 0.6 is 11.8 Å². The fraction of sp³-hybridized carbons (Fsp3) is 0.455. The molecule has 0 aliphatic rings. The predicted octanol–water partition coefficient (Wildman–Crippen LogP) is 2.94. The molecule has 0 amide bonds. The minimum atomic E-state index is -0.784. The van der Waals surface area contributed by atoms with Crippen molar-refractivity contribution in [3.8, 4) is 0 Å². The van der Waals surface area contributed by atoms with Crippen LogP contribution in [0.15, 0.2) is 18.2 Å². The SMILES string of the molecule is CCC(N)CSCc1cccc(F)c1F. The summed E-state index contributed by atoms with van der Waals surface area (Å²) in [6.45, 7) is 2.01. The van der Waals surface area contributed by atoms with E-state index in [0.29, 0.717) is 11.3 Å². The van der Waals surface area contributed by atoms with Crippen molar-refractivity contribution in [3.63, 3.8) is 0 Å². The lowest BCUT2D eigenvalue weighted by Crippen LogP contribution is -2.21. The monoisotopic (exact) mass is 231 g/mol. The molecule has 0 aromatic heterocycles. The van der Waals surface area contributed by atoms with Gasteiger partial charge in [0.25, 0.3) is 0 Å². The van der Waals surface area contributed by atoms with Crippen LogP contribution in [0.3, 0.4) is 0 Å². The van der Waals surface area contributed by atoms with E-state index in [9.17, 15) is 8.78 Å². The van der Waals surface area contributed by atoms with Crippen molar-refractivity contribution in [2.24, 2.45) is 5.73 Å². The first-order valence-corrected chi connectivity index (χ1v) is 6.06. The molecule has 0 saturated heterocycles. The fourth-order valence-electron chi connectivity index (χ4n) is 1.10. The number of hydrogen-bond acceptors (Lipinski definition) is 2. The molecule has 2 N–H and O–H groups in total. The number of benzene rings is 1. The van der Waals surface area contributed by atoms with Gasteiger partial charge in [-0.3, -0.25) is 0 Å². The highest BCUT2D eigenvalue weighted by Gasteiger charge is 2.07. The van der Waals surface area contributed by atoms with Gasteiger partial charge in [-0.1, -0.05) is 19.1 Å². The fourth-order valence-corrected chi connectivity index (χ4v) is 2.20. The second kappa shape index (κ2) is 6.08. The van der Waals surface area contributed by atoms with Gasteiger partial charge in [0.05, 0.1) is 0 Å². The molecule has 0 aliphatic heterocycles. The van der Waals surface area contributed by atoms with Crippen molar-refractivity contribution in [1.82, 2.24) is 0 Å². The highest BCUT2D eigenvalue weighted by molar-refractivity contribution is 7.98. The Morgan fingerprint density at radius 3 is 2.80 bits per heavy atom. The summed E-state index contributed by atoms with van der Waals surface area (Å²) >= 11 is 1.53. The van der Waals surface area contributed by atoms with E-state index in [0.717, 1.165) is 18.2 Å². The lowest BCUT2D eigenvalue weighted by molar-refractivity contribution is 0.502. The standard InChI is InChI=1S/C11H15F2NS/c1-2-9(14)7-15-6-8-4-3-5-10(12)11(8)13/h3-5,9H,2,6-7,14H2,1H3. The number of hydrogen-bond donors (Lipinski definition) is 1. The van der Waals surface area contributed by atoms with Crippen molar-refractivity contribution in [2.45, 2.75) is 25.1 Å². The highest BCUT2D eigenvalue weighted by Crippen LogP contribution is 2.18. The van der Waals surface area contributed by atoms with E-state index in [1.807, 2.05) is 6.92 Å². The molecular weight excluding hydrogens is 216 g/mol. The minimum Gasteiger partial charge on any atom is -0.327 e. The molecule has 1 aromatic carbocycles. The molecule has 4 heteroatoms. The van der Waals surface area contributed by atoms with Gasteiger partial charge >= 0.3 is 0 Å². The maximum atomic E-state index is 13.2. The first-order chi connectivity index (χ1) is 7.15. The Morgan fingerprint density at radius 1 is 1.40 bits per heavy atom. The van der Waals surface area contributed by atoms with E-state index in [1.54, 1.807) is 6.07 Å². The summed E-state index contributed by atoms with van der Waals surface area (Å²) < 4.78 is 26.0. The number of halogens is 2. The first-order valence-electron chi connectivity index (χ1n) is 4.91. The average molecular weight is 231 g/mol. The number of rotatable bonds is 5. The van der Waals surface area contributed by atoms with E-state index >= 15 is 0 Å². The summed E-state index contributed by atoms with van der Waals surface area (Å²) in [5.41, 5.74) is 6.12. The minimum absolute atomic E-state index is 0.131. The van der Waals surface area contributed by atoms with Gasteiger partial charge in [0, 0.05) is 23.1 Å². The largest absolute Gasteiger partial charge is 0.327 e. The van der Waals surface area contributed by atoms with Gasteiger partial charge in [0.2, 0.25) is 0 Å². The zero-order valence-corrected chi connectivity index (χ0v) is 9.49. The molecule has 0 saturated carbocycles. The van der Waals surface area contributed by atoms with Crippen LogP contribution in [-0.2, 0) is 5.75 Å². The van der Waals surface area contributed by atoms with Crippen molar-refractivity contribution >= 4 is 11.8 Å². The molecular formula is C11H15F2NS. The Balaban J connectivity index is 2.47. The summed E-state index contributed by atoms with van der Waals surface area (Å²) in [5.74, 6) is -0.285.